The van der Waals surface area contributed by atoms with Gasteiger partial charge in [-0.15, -0.1) is 0 Å². The number of methoxy groups -OCH3 is 1. The summed E-state index contributed by atoms with van der Waals surface area (Å²) in [6.07, 6.45) is -3.73. The number of hydrogen-bond donors (Lipinski definition) is 3. The second kappa shape index (κ2) is 10.9. The molecular weight excluding hydrogens is 615 g/mol. The first-order valence-electron chi connectivity index (χ1n) is 14.1. The third-order valence-corrected chi connectivity index (χ3v) is 8.27. The smallest absolute Gasteiger partial charge is 0.424 e. The summed E-state index contributed by atoms with van der Waals surface area (Å²) in [4.78, 5) is 34.8. The van der Waals surface area contributed by atoms with E-state index in [4.69, 9.17) is 9.47 Å². The molecule has 0 spiro atoms. The highest BCUT2D eigenvalue weighted by molar-refractivity contribution is 6.00. The van der Waals surface area contributed by atoms with Gasteiger partial charge in [0, 0.05) is 41.1 Å². The monoisotopic (exact) mass is 642 g/mol. The Balaban J connectivity index is 1.42. The summed E-state index contributed by atoms with van der Waals surface area (Å²) >= 11 is 0. The molecule has 2 aromatic carbocycles. The fraction of sp³-hybridized carbons (Fsp3) is 0.312. The highest BCUT2D eigenvalue weighted by Crippen LogP contribution is 2.49. The molecule has 3 heterocycles. The van der Waals surface area contributed by atoms with Gasteiger partial charge in [0.15, 0.2) is 5.79 Å². The van der Waals surface area contributed by atoms with Gasteiger partial charge in [-0.05, 0) is 55.5 Å². The highest BCUT2D eigenvalue weighted by atomic mass is 19.4. The summed E-state index contributed by atoms with van der Waals surface area (Å²) in [6.45, 7) is -0.382. The van der Waals surface area contributed by atoms with E-state index in [-0.39, 0.29) is 53.3 Å². The molecule has 1 aliphatic heterocycles. The zero-order valence-corrected chi connectivity index (χ0v) is 24.5. The van der Waals surface area contributed by atoms with Crippen molar-refractivity contribution < 1.29 is 46.1 Å². The molecule has 240 valence electrons. The van der Waals surface area contributed by atoms with Crippen LogP contribution in [0, 0.1) is 5.82 Å². The molecule has 2 aromatic heterocycles. The average Bonchev–Trinajstić information content (AvgIpc) is 3.66. The van der Waals surface area contributed by atoms with Crippen LogP contribution in [0.25, 0.3) is 22.2 Å². The molecule has 1 fully saturated rings. The van der Waals surface area contributed by atoms with Crippen molar-refractivity contribution in [3.8, 4) is 22.8 Å². The number of hydrogen-bond acceptors (Lipinski definition) is 7. The van der Waals surface area contributed by atoms with Crippen LogP contribution in [0.4, 0.5) is 22.0 Å². The third-order valence-electron chi connectivity index (χ3n) is 8.27. The van der Waals surface area contributed by atoms with Crippen LogP contribution in [0.3, 0.4) is 0 Å². The number of carbonyl (C=O) groups excluding carboxylic acids is 2. The number of benzene rings is 2. The number of carbonyl (C=O) groups is 2. The van der Waals surface area contributed by atoms with Gasteiger partial charge in [-0.25, -0.2) is 13.8 Å². The van der Waals surface area contributed by atoms with Gasteiger partial charge in [-0.3, -0.25) is 14.6 Å². The highest BCUT2D eigenvalue weighted by Gasteiger charge is 2.58. The number of aromatic nitrogens is 2. The molecule has 1 aliphatic carbocycles. The normalized spacial score (nSPS) is 19.5. The number of ether oxygens (including phenoxy) is 2. The second-order valence-electron chi connectivity index (χ2n) is 11.6. The summed E-state index contributed by atoms with van der Waals surface area (Å²) in [6, 6.07) is 11.4. The largest absolute Gasteiger partial charge is 0.494 e. The molecule has 0 bridgehead atoms. The maximum atomic E-state index is 14.8. The second-order valence-corrected chi connectivity index (χ2v) is 11.6. The van der Waals surface area contributed by atoms with Crippen molar-refractivity contribution in [3.05, 3.63) is 83.4 Å². The van der Waals surface area contributed by atoms with Gasteiger partial charge in [0.1, 0.15) is 40.5 Å². The van der Waals surface area contributed by atoms with E-state index in [1.165, 1.54) is 44.5 Å². The lowest BCUT2D eigenvalue weighted by Gasteiger charge is -2.32. The predicted molar refractivity (Wildman–Crippen MR) is 154 cm³/mol. The van der Waals surface area contributed by atoms with E-state index in [9.17, 15) is 36.6 Å². The van der Waals surface area contributed by atoms with Crippen LogP contribution in [0.1, 0.15) is 41.4 Å². The first-order valence-corrected chi connectivity index (χ1v) is 14.1. The van der Waals surface area contributed by atoms with Crippen LogP contribution in [0.2, 0.25) is 0 Å². The first-order chi connectivity index (χ1) is 21.7. The minimum atomic E-state index is -5.40. The van der Waals surface area contributed by atoms with Crippen LogP contribution in [0.5, 0.6) is 11.5 Å². The Morgan fingerprint density at radius 3 is 2.48 bits per heavy atom. The number of rotatable bonds is 8. The third kappa shape index (κ3) is 5.36. The van der Waals surface area contributed by atoms with E-state index in [0.29, 0.717) is 10.9 Å². The zero-order valence-electron chi connectivity index (χ0n) is 24.5. The summed E-state index contributed by atoms with van der Waals surface area (Å²) < 4.78 is 83.8. The lowest BCUT2D eigenvalue weighted by Crippen LogP contribution is -2.52. The van der Waals surface area contributed by atoms with Crippen molar-refractivity contribution in [2.45, 2.75) is 42.8 Å². The quantitative estimate of drug-likeness (QED) is 0.186. The van der Waals surface area contributed by atoms with Gasteiger partial charge in [0.2, 0.25) is 11.5 Å². The molecule has 1 unspecified atom stereocenters. The summed E-state index contributed by atoms with van der Waals surface area (Å²) in [5, 5.41) is 16.2. The number of aliphatic hydroxyl groups is 1. The van der Waals surface area contributed by atoms with Gasteiger partial charge in [0.05, 0.1) is 19.3 Å². The number of nitrogens with one attached hydrogen (secondary N) is 2. The van der Waals surface area contributed by atoms with Gasteiger partial charge < -0.3 is 25.2 Å². The van der Waals surface area contributed by atoms with Crippen LogP contribution in [-0.4, -0.2) is 59.1 Å². The maximum absolute atomic E-state index is 14.8. The van der Waals surface area contributed by atoms with Gasteiger partial charge in [-0.1, -0.05) is 6.07 Å². The molecule has 2 amide bonds. The van der Waals surface area contributed by atoms with E-state index in [2.05, 4.69) is 20.6 Å². The minimum Gasteiger partial charge on any atom is -0.494 e. The summed E-state index contributed by atoms with van der Waals surface area (Å²) in [5.41, 5.74) is -6.26. The molecule has 1 saturated carbocycles. The number of pyridine rings is 2. The number of nitrogens with zero attached hydrogens (tertiary/aromatic N) is 2. The number of halogens is 5. The fourth-order valence-corrected chi connectivity index (χ4v) is 5.25. The van der Waals surface area contributed by atoms with E-state index in [1.807, 2.05) is 0 Å². The molecular formula is C32H27F5N4O5. The van der Waals surface area contributed by atoms with Gasteiger partial charge >= 0.3 is 6.18 Å². The molecule has 14 heteroatoms. The molecule has 0 saturated heterocycles. The van der Waals surface area contributed by atoms with E-state index >= 15 is 0 Å². The van der Waals surface area contributed by atoms with E-state index in [0.717, 1.165) is 18.2 Å². The van der Waals surface area contributed by atoms with Crippen molar-refractivity contribution >= 4 is 22.7 Å². The van der Waals surface area contributed by atoms with Crippen molar-refractivity contribution in [2.75, 3.05) is 20.3 Å². The molecule has 3 N–H and O–H groups in total. The van der Waals surface area contributed by atoms with Crippen molar-refractivity contribution in [2.24, 2.45) is 0 Å². The maximum Gasteiger partial charge on any atom is 0.424 e. The van der Waals surface area contributed by atoms with Crippen molar-refractivity contribution in [3.63, 3.8) is 0 Å². The Labute approximate surface area is 258 Å². The van der Waals surface area contributed by atoms with Crippen molar-refractivity contribution in [1.29, 1.82) is 0 Å². The van der Waals surface area contributed by atoms with Gasteiger partial charge in [0.25, 0.3) is 5.91 Å². The number of fused-ring (bicyclic) bond motifs is 2. The van der Waals surface area contributed by atoms with Crippen LogP contribution in [-0.2, 0) is 15.8 Å². The molecule has 46 heavy (non-hydrogen) atoms. The standard InChI is InChI=1S/C32H27F5N4O5/c1-29(28(43)41-30(34)9-10-30)16-46-26-21(29)14-23(40-25(26)17-5-7-20(33)8-6-17)31(44,32(35,36)37)15-39-27(42)19-12-18-4-3-11-38-24(18)22(13-19)45-2/h3-8,11-14,44H,9-10,15-16H2,1-2H3,(H,39,42)(H,41,43)/t29-,31?/m0/s1. The van der Waals surface area contributed by atoms with E-state index in [1.54, 1.807) is 12.1 Å². The molecule has 4 aromatic rings. The number of alkyl halides is 4. The number of amides is 2. The Morgan fingerprint density at radius 2 is 1.83 bits per heavy atom. The Bertz CT molecular complexity index is 1860. The van der Waals surface area contributed by atoms with Crippen LogP contribution >= 0.6 is 0 Å². The lowest BCUT2D eigenvalue weighted by molar-refractivity contribution is -0.265. The first kappa shape index (κ1) is 31.1. The van der Waals surface area contributed by atoms with Crippen molar-refractivity contribution in [1.82, 2.24) is 20.6 Å². The topological polar surface area (TPSA) is 123 Å². The molecule has 0 radical (unpaired) electrons. The summed E-state index contributed by atoms with van der Waals surface area (Å²) in [5.74, 6) is -4.24. The Hall–Kier alpha value is -4.85. The van der Waals surface area contributed by atoms with Crippen LogP contribution < -0.4 is 20.1 Å². The van der Waals surface area contributed by atoms with Crippen LogP contribution in [0.15, 0.2) is 60.8 Å². The summed E-state index contributed by atoms with van der Waals surface area (Å²) in [7, 11) is 1.35. The molecule has 9 nitrogen and oxygen atoms in total. The zero-order chi connectivity index (χ0) is 33.1. The SMILES string of the molecule is COc1cc(C(=O)NCC(O)(c2cc3c(c(-c4ccc(F)cc4)n2)OC[C@]3(C)C(=O)NC2(F)CC2)C(F)(F)F)cc2cccnc12. The molecule has 6 rings (SSSR count). The van der Waals surface area contributed by atoms with Gasteiger partial charge in [-0.2, -0.15) is 13.2 Å². The fourth-order valence-electron chi connectivity index (χ4n) is 5.25. The Morgan fingerprint density at radius 1 is 1.11 bits per heavy atom. The Kier molecular flexibility index (Phi) is 7.38. The lowest BCUT2D eigenvalue weighted by atomic mass is 9.81. The molecule has 2 atom stereocenters. The molecule has 2 aliphatic rings. The predicted octanol–water partition coefficient (Wildman–Crippen LogP) is 4.85. The van der Waals surface area contributed by atoms with E-state index < -0.39 is 52.9 Å². The minimum absolute atomic E-state index is 0.0614. The average molecular weight is 643 g/mol.